The summed E-state index contributed by atoms with van der Waals surface area (Å²) < 4.78 is 1.84. The first kappa shape index (κ1) is 15.0. The van der Waals surface area contributed by atoms with Crippen molar-refractivity contribution in [1.82, 2.24) is 14.7 Å². The molecule has 118 valence electrons. The van der Waals surface area contributed by atoms with Crippen molar-refractivity contribution in [3.8, 4) is 0 Å². The van der Waals surface area contributed by atoms with Gasteiger partial charge in [0.15, 0.2) is 0 Å². The molecule has 2 fully saturated rings. The molecular formula is C16H28N4O. The number of likely N-dealkylation sites (tertiary alicyclic amines) is 1. The number of hydrogen-bond acceptors (Lipinski definition) is 4. The quantitative estimate of drug-likeness (QED) is 0.884. The fraction of sp³-hybridized carbons (Fsp3) is 0.812. The zero-order valence-corrected chi connectivity index (χ0v) is 13.2. The van der Waals surface area contributed by atoms with Gasteiger partial charge in [-0.2, -0.15) is 5.10 Å². The van der Waals surface area contributed by atoms with E-state index in [4.69, 9.17) is 5.73 Å². The molecule has 0 aromatic carbocycles. The molecule has 1 aromatic rings. The molecule has 5 nitrogen and oxygen atoms in total. The molecule has 0 amide bonds. The SMILES string of the molecule is CC(N)C(c1cnn(C)c1)N1CCC2(O)CCCCC2C1. The zero-order chi connectivity index (χ0) is 15.0. The second kappa shape index (κ2) is 5.71. The van der Waals surface area contributed by atoms with E-state index in [1.54, 1.807) is 0 Å². The van der Waals surface area contributed by atoms with Crippen molar-refractivity contribution in [2.24, 2.45) is 18.7 Å². The van der Waals surface area contributed by atoms with Crippen LogP contribution >= 0.6 is 0 Å². The van der Waals surface area contributed by atoms with Gasteiger partial charge in [-0.05, 0) is 26.2 Å². The lowest BCUT2D eigenvalue weighted by Crippen LogP contribution is -2.55. The minimum atomic E-state index is -0.425. The van der Waals surface area contributed by atoms with Crippen molar-refractivity contribution < 1.29 is 5.11 Å². The molecular weight excluding hydrogens is 264 g/mol. The van der Waals surface area contributed by atoms with E-state index in [1.807, 2.05) is 17.9 Å². The molecule has 4 unspecified atom stereocenters. The number of nitrogens with zero attached hydrogens (tertiary/aromatic N) is 3. The van der Waals surface area contributed by atoms with E-state index in [2.05, 4.69) is 23.1 Å². The standard InChI is InChI=1S/C16H28N4O/c1-12(17)15(13-9-18-19(2)10-13)20-8-7-16(21)6-4-3-5-14(16)11-20/h9-10,12,14-15,21H,3-8,11,17H2,1-2H3. The molecule has 1 aliphatic heterocycles. The lowest BCUT2D eigenvalue weighted by molar-refractivity contribution is -0.104. The Bertz CT molecular complexity index is 486. The van der Waals surface area contributed by atoms with Gasteiger partial charge in [0.25, 0.3) is 0 Å². The van der Waals surface area contributed by atoms with Gasteiger partial charge in [-0.1, -0.05) is 12.8 Å². The summed E-state index contributed by atoms with van der Waals surface area (Å²) in [6.45, 7) is 3.95. The number of nitrogens with two attached hydrogens (primary N) is 1. The van der Waals surface area contributed by atoms with E-state index in [0.717, 1.165) is 32.4 Å². The summed E-state index contributed by atoms with van der Waals surface area (Å²) in [5.74, 6) is 0.401. The maximum atomic E-state index is 10.8. The molecule has 0 spiro atoms. The zero-order valence-electron chi connectivity index (χ0n) is 13.2. The predicted octanol–water partition coefficient (Wildman–Crippen LogP) is 1.44. The van der Waals surface area contributed by atoms with Gasteiger partial charge in [-0.3, -0.25) is 9.58 Å². The Morgan fingerprint density at radius 1 is 1.43 bits per heavy atom. The van der Waals surface area contributed by atoms with Crippen LogP contribution in [0.25, 0.3) is 0 Å². The van der Waals surface area contributed by atoms with Crippen LogP contribution < -0.4 is 5.73 Å². The Labute approximate surface area is 127 Å². The van der Waals surface area contributed by atoms with Gasteiger partial charge in [0.05, 0.1) is 17.8 Å². The Balaban J connectivity index is 1.78. The second-order valence-electron chi connectivity index (χ2n) is 7.04. The van der Waals surface area contributed by atoms with Gasteiger partial charge < -0.3 is 10.8 Å². The highest BCUT2D eigenvalue weighted by Crippen LogP contribution is 2.42. The van der Waals surface area contributed by atoms with E-state index < -0.39 is 5.60 Å². The molecule has 3 N–H and O–H groups in total. The number of rotatable bonds is 3. The van der Waals surface area contributed by atoms with E-state index in [-0.39, 0.29) is 12.1 Å². The van der Waals surface area contributed by atoms with Crippen LogP contribution in [0.5, 0.6) is 0 Å². The summed E-state index contributed by atoms with van der Waals surface area (Å²) in [5.41, 5.74) is 7.03. The highest BCUT2D eigenvalue weighted by Gasteiger charge is 2.44. The first-order valence-electron chi connectivity index (χ1n) is 8.20. The van der Waals surface area contributed by atoms with E-state index in [0.29, 0.717) is 5.92 Å². The fourth-order valence-electron chi connectivity index (χ4n) is 4.29. The third kappa shape index (κ3) is 2.87. The van der Waals surface area contributed by atoms with Crippen LogP contribution in [0, 0.1) is 5.92 Å². The van der Waals surface area contributed by atoms with E-state index in [1.165, 1.54) is 18.4 Å². The maximum Gasteiger partial charge on any atom is 0.0700 e. The maximum absolute atomic E-state index is 10.8. The molecule has 5 heteroatoms. The number of aromatic nitrogens is 2. The molecule has 3 rings (SSSR count). The summed E-state index contributed by atoms with van der Waals surface area (Å²) in [7, 11) is 1.94. The number of fused-ring (bicyclic) bond motifs is 1. The molecule has 1 aliphatic carbocycles. The molecule has 2 heterocycles. The minimum absolute atomic E-state index is 0.0592. The van der Waals surface area contributed by atoms with Crippen molar-refractivity contribution in [2.45, 2.75) is 56.7 Å². The highest BCUT2D eigenvalue weighted by atomic mass is 16.3. The number of aryl methyl sites for hydroxylation is 1. The van der Waals surface area contributed by atoms with Crippen molar-refractivity contribution in [3.05, 3.63) is 18.0 Å². The van der Waals surface area contributed by atoms with Gasteiger partial charge >= 0.3 is 0 Å². The Kier molecular flexibility index (Phi) is 4.08. The third-order valence-electron chi connectivity index (χ3n) is 5.42. The van der Waals surface area contributed by atoms with Crippen molar-refractivity contribution in [3.63, 3.8) is 0 Å². The topological polar surface area (TPSA) is 67.3 Å². The largest absolute Gasteiger partial charge is 0.390 e. The van der Waals surface area contributed by atoms with Crippen LogP contribution in [0.1, 0.15) is 50.6 Å². The molecule has 21 heavy (non-hydrogen) atoms. The van der Waals surface area contributed by atoms with Crippen LogP contribution in [0.3, 0.4) is 0 Å². The van der Waals surface area contributed by atoms with Gasteiger partial charge in [0.1, 0.15) is 0 Å². The molecule has 4 atom stereocenters. The van der Waals surface area contributed by atoms with Crippen LogP contribution in [0.15, 0.2) is 12.4 Å². The smallest absolute Gasteiger partial charge is 0.0700 e. The highest BCUT2D eigenvalue weighted by molar-refractivity contribution is 5.14. The van der Waals surface area contributed by atoms with Crippen LogP contribution in [0.4, 0.5) is 0 Å². The van der Waals surface area contributed by atoms with Gasteiger partial charge in [-0.25, -0.2) is 0 Å². The average molecular weight is 292 g/mol. The molecule has 2 aliphatic rings. The molecule has 0 radical (unpaired) electrons. The lowest BCUT2D eigenvalue weighted by atomic mass is 9.71. The summed E-state index contributed by atoms with van der Waals surface area (Å²) in [6, 6.07) is 0.258. The Hall–Kier alpha value is -0.910. The third-order valence-corrected chi connectivity index (χ3v) is 5.42. The van der Waals surface area contributed by atoms with Gasteiger partial charge in [0.2, 0.25) is 0 Å². The number of hydrogen-bond donors (Lipinski definition) is 2. The summed E-state index contributed by atoms with van der Waals surface area (Å²) in [4.78, 5) is 2.46. The average Bonchev–Trinajstić information content (AvgIpc) is 2.85. The summed E-state index contributed by atoms with van der Waals surface area (Å²) in [6.07, 6.45) is 9.41. The normalized spacial score (nSPS) is 33.4. The first-order valence-corrected chi connectivity index (χ1v) is 8.20. The second-order valence-corrected chi connectivity index (χ2v) is 7.04. The fourth-order valence-corrected chi connectivity index (χ4v) is 4.29. The van der Waals surface area contributed by atoms with E-state index >= 15 is 0 Å². The monoisotopic (exact) mass is 292 g/mol. The molecule has 1 aromatic heterocycles. The Morgan fingerprint density at radius 3 is 2.90 bits per heavy atom. The number of aliphatic hydroxyl groups is 1. The Morgan fingerprint density at radius 2 is 2.24 bits per heavy atom. The summed E-state index contributed by atoms with van der Waals surface area (Å²) in [5, 5.41) is 15.1. The van der Waals surface area contributed by atoms with Crippen molar-refractivity contribution in [2.75, 3.05) is 13.1 Å². The van der Waals surface area contributed by atoms with E-state index in [9.17, 15) is 5.11 Å². The first-order chi connectivity index (χ1) is 9.99. The molecule has 0 bridgehead atoms. The number of piperidine rings is 1. The van der Waals surface area contributed by atoms with Crippen molar-refractivity contribution >= 4 is 0 Å². The summed E-state index contributed by atoms with van der Waals surface area (Å²) >= 11 is 0. The van der Waals surface area contributed by atoms with Crippen LogP contribution in [-0.2, 0) is 7.05 Å². The van der Waals surface area contributed by atoms with Crippen LogP contribution in [-0.4, -0.2) is 44.5 Å². The predicted molar refractivity (Wildman–Crippen MR) is 82.7 cm³/mol. The van der Waals surface area contributed by atoms with Gasteiger partial charge in [0, 0.05) is 43.9 Å². The van der Waals surface area contributed by atoms with Crippen molar-refractivity contribution in [1.29, 1.82) is 0 Å². The minimum Gasteiger partial charge on any atom is -0.390 e. The molecule has 1 saturated heterocycles. The molecule has 1 saturated carbocycles. The lowest BCUT2D eigenvalue weighted by Gasteiger charge is -2.50. The van der Waals surface area contributed by atoms with Gasteiger partial charge in [-0.15, -0.1) is 0 Å². The van der Waals surface area contributed by atoms with Crippen LogP contribution in [0.2, 0.25) is 0 Å².